The van der Waals surface area contributed by atoms with Gasteiger partial charge in [0, 0.05) is 36.4 Å². The summed E-state index contributed by atoms with van der Waals surface area (Å²) in [5.74, 6) is 1.02. The highest BCUT2D eigenvalue weighted by atomic mass is 19.1. The van der Waals surface area contributed by atoms with Gasteiger partial charge in [-0.3, -0.25) is 0 Å². The van der Waals surface area contributed by atoms with Crippen LogP contribution in [0.4, 0.5) is 4.39 Å². The van der Waals surface area contributed by atoms with Gasteiger partial charge in [-0.05, 0) is 36.9 Å². The molecule has 0 amide bonds. The summed E-state index contributed by atoms with van der Waals surface area (Å²) in [5.41, 5.74) is 2.97. The zero-order valence-electron chi connectivity index (χ0n) is 14.9. The molecule has 2 aromatic heterocycles. The summed E-state index contributed by atoms with van der Waals surface area (Å²) in [6.07, 6.45) is 3.26. The molecular formula is C22H18FN3O. The van der Waals surface area contributed by atoms with Gasteiger partial charge in [0.2, 0.25) is 0 Å². The topological polar surface area (TPSA) is 42.2 Å². The number of furan rings is 1. The molecule has 4 aromatic rings. The van der Waals surface area contributed by atoms with Gasteiger partial charge in [0.05, 0.1) is 11.5 Å². The Morgan fingerprint density at radius 1 is 1.07 bits per heavy atom. The molecule has 1 aliphatic heterocycles. The molecule has 0 saturated heterocycles. The Bertz CT molecular complexity index is 1090. The van der Waals surface area contributed by atoms with Gasteiger partial charge in [-0.25, -0.2) is 14.4 Å². The minimum atomic E-state index is -0.244. The van der Waals surface area contributed by atoms with E-state index >= 15 is 4.39 Å². The molecule has 0 fully saturated rings. The fourth-order valence-corrected chi connectivity index (χ4v) is 3.90. The summed E-state index contributed by atoms with van der Waals surface area (Å²) >= 11 is 0. The number of benzene rings is 2. The molecule has 1 aliphatic rings. The van der Waals surface area contributed by atoms with Crippen molar-refractivity contribution in [2.24, 2.45) is 0 Å². The molecule has 4 nitrogen and oxygen atoms in total. The Labute approximate surface area is 156 Å². The van der Waals surface area contributed by atoms with E-state index in [4.69, 9.17) is 4.42 Å². The monoisotopic (exact) mass is 359 g/mol. The average Bonchev–Trinajstić information content (AvgIpc) is 3.13. The molecule has 3 heterocycles. The largest absolute Gasteiger partial charge is 0.460 e. The van der Waals surface area contributed by atoms with Crippen molar-refractivity contribution in [1.82, 2.24) is 14.9 Å². The molecule has 0 spiro atoms. The van der Waals surface area contributed by atoms with Crippen molar-refractivity contribution in [1.29, 1.82) is 0 Å². The Morgan fingerprint density at radius 2 is 1.89 bits per heavy atom. The predicted molar refractivity (Wildman–Crippen MR) is 102 cm³/mol. The van der Waals surface area contributed by atoms with E-state index in [0.29, 0.717) is 23.5 Å². The van der Waals surface area contributed by atoms with Crippen LogP contribution in [0, 0.1) is 5.82 Å². The van der Waals surface area contributed by atoms with Gasteiger partial charge in [-0.2, -0.15) is 0 Å². The molecule has 5 heteroatoms. The third-order valence-electron chi connectivity index (χ3n) is 5.17. The smallest absolute Gasteiger partial charge is 0.162 e. The maximum absolute atomic E-state index is 15.4. The summed E-state index contributed by atoms with van der Waals surface area (Å²) in [6, 6.07) is 15.5. The van der Waals surface area contributed by atoms with E-state index in [1.54, 1.807) is 24.5 Å². The average molecular weight is 359 g/mol. The molecule has 2 aromatic carbocycles. The Morgan fingerprint density at radius 3 is 2.70 bits per heavy atom. The van der Waals surface area contributed by atoms with Crippen molar-refractivity contribution >= 4 is 11.0 Å². The van der Waals surface area contributed by atoms with Crippen LogP contribution >= 0.6 is 0 Å². The molecule has 0 radical (unpaired) electrons. The molecule has 0 aliphatic carbocycles. The lowest BCUT2D eigenvalue weighted by molar-refractivity contribution is 0.276. The van der Waals surface area contributed by atoms with Crippen molar-refractivity contribution < 1.29 is 8.81 Å². The number of para-hydroxylation sites is 1. The number of hydrogen-bond donors (Lipinski definition) is 0. The Kier molecular flexibility index (Phi) is 3.76. The van der Waals surface area contributed by atoms with E-state index < -0.39 is 0 Å². The van der Waals surface area contributed by atoms with Crippen LogP contribution in [-0.2, 0) is 6.54 Å². The van der Waals surface area contributed by atoms with Crippen LogP contribution in [0.5, 0.6) is 0 Å². The van der Waals surface area contributed by atoms with E-state index in [0.717, 1.165) is 28.8 Å². The molecule has 0 bridgehead atoms. The SMILES string of the molecule is CN1Cc2c(ccc(-c3ncccn3)c2F)C(c2cc3ccccc3o2)C1. The number of likely N-dealkylation sites (N-methyl/N-ethyl adjacent to an activating group) is 1. The molecule has 0 saturated carbocycles. The van der Waals surface area contributed by atoms with Gasteiger partial charge in [-0.15, -0.1) is 0 Å². The van der Waals surface area contributed by atoms with Crippen molar-refractivity contribution in [3.63, 3.8) is 0 Å². The van der Waals surface area contributed by atoms with Crippen LogP contribution in [0.15, 0.2) is 65.3 Å². The van der Waals surface area contributed by atoms with Gasteiger partial charge in [0.25, 0.3) is 0 Å². The minimum Gasteiger partial charge on any atom is -0.460 e. The first-order valence-electron chi connectivity index (χ1n) is 8.96. The zero-order valence-corrected chi connectivity index (χ0v) is 14.9. The predicted octanol–water partition coefficient (Wildman–Crippen LogP) is 4.61. The summed E-state index contributed by atoms with van der Waals surface area (Å²) in [4.78, 5) is 10.5. The third-order valence-corrected chi connectivity index (χ3v) is 5.17. The second kappa shape index (κ2) is 6.28. The van der Waals surface area contributed by atoms with Gasteiger partial charge >= 0.3 is 0 Å². The molecule has 0 N–H and O–H groups in total. The molecule has 1 atom stereocenters. The van der Waals surface area contributed by atoms with Crippen molar-refractivity contribution in [2.45, 2.75) is 12.5 Å². The second-order valence-corrected chi connectivity index (χ2v) is 7.00. The van der Waals surface area contributed by atoms with E-state index in [2.05, 4.69) is 20.9 Å². The highest BCUT2D eigenvalue weighted by Crippen LogP contribution is 2.38. The van der Waals surface area contributed by atoms with Crippen molar-refractivity contribution in [3.8, 4) is 11.4 Å². The van der Waals surface area contributed by atoms with E-state index in [-0.39, 0.29) is 11.7 Å². The molecule has 1 unspecified atom stereocenters. The first-order chi connectivity index (χ1) is 13.2. The molecule has 27 heavy (non-hydrogen) atoms. The van der Waals surface area contributed by atoms with E-state index in [9.17, 15) is 0 Å². The van der Waals surface area contributed by atoms with Crippen molar-refractivity contribution in [3.05, 3.63) is 83.6 Å². The number of hydrogen-bond acceptors (Lipinski definition) is 4. The summed E-state index contributed by atoms with van der Waals surface area (Å²) in [6.45, 7) is 1.34. The number of halogens is 1. The highest BCUT2D eigenvalue weighted by molar-refractivity contribution is 5.78. The van der Waals surface area contributed by atoms with Crippen LogP contribution in [0.1, 0.15) is 22.8 Å². The van der Waals surface area contributed by atoms with Crippen LogP contribution in [0.3, 0.4) is 0 Å². The number of fused-ring (bicyclic) bond motifs is 2. The first kappa shape index (κ1) is 16.1. The molecule has 134 valence electrons. The second-order valence-electron chi connectivity index (χ2n) is 7.00. The van der Waals surface area contributed by atoms with Crippen LogP contribution in [-0.4, -0.2) is 28.5 Å². The Balaban J connectivity index is 1.64. The lowest BCUT2D eigenvalue weighted by Crippen LogP contribution is -2.31. The first-order valence-corrected chi connectivity index (χ1v) is 8.96. The fraction of sp³-hybridized carbons (Fsp3) is 0.182. The highest BCUT2D eigenvalue weighted by Gasteiger charge is 2.30. The fourth-order valence-electron chi connectivity index (χ4n) is 3.90. The van der Waals surface area contributed by atoms with E-state index in [1.165, 1.54) is 0 Å². The van der Waals surface area contributed by atoms with Crippen LogP contribution in [0.25, 0.3) is 22.4 Å². The summed E-state index contributed by atoms with van der Waals surface area (Å²) in [7, 11) is 2.00. The summed E-state index contributed by atoms with van der Waals surface area (Å²) in [5, 5.41) is 1.07. The third kappa shape index (κ3) is 2.71. The van der Waals surface area contributed by atoms with E-state index in [1.807, 2.05) is 37.4 Å². The Hall–Kier alpha value is -3.05. The normalized spacial score (nSPS) is 17.2. The number of aromatic nitrogens is 2. The van der Waals surface area contributed by atoms with Gasteiger partial charge in [-0.1, -0.05) is 24.3 Å². The summed E-state index contributed by atoms with van der Waals surface area (Å²) < 4.78 is 21.5. The van der Waals surface area contributed by atoms with Gasteiger partial charge in [0.15, 0.2) is 5.82 Å². The molecular weight excluding hydrogens is 341 g/mol. The number of nitrogens with zero attached hydrogens (tertiary/aromatic N) is 3. The minimum absolute atomic E-state index is 0.00797. The van der Waals surface area contributed by atoms with Crippen LogP contribution < -0.4 is 0 Å². The maximum atomic E-state index is 15.4. The van der Waals surface area contributed by atoms with Gasteiger partial charge in [0.1, 0.15) is 17.2 Å². The lowest BCUT2D eigenvalue weighted by atomic mass is 9.86. The van der Waals surface area contributed by atoms with Crippen LogP contribution in [0.2, 0.25) is 0 Å². The zero-order chi connectivity index (χ0) is 18.4. The maximum Gasteiger partial charge on any atom is 0.162 e. The van der Waals surface area contributed by atoms with Crippen molar-refractivity contribution in [2.75, 3.05) is 13.6 Å². The van der Waals surface area contributed by atoms with Gasteiger partial charge < -0.3 is 9.32 Å². The quantitative estimate of drug-likeness (QED) is 0.524. The standard InChI is InChI=1S/C22H18FN3O/c1-26-12-17(20-11-14-5-2-3-6-19(14)27-20)15-7-8-16(21(23)18(15)13-26)22-24-9-4-10-25-22/h2-11,17H,12-13H2,1H3. The number of rotatable bonds is 2. The molecule has 5 rings (SSSR count). The lowest BCUT2D eigenvalue weighted by Gasteiger charge is -2.31.